The maximum Gasteiger partial charge on any atom is 0.315 e. The van der Waals surface area contributed by atoms with Crippen LogP contribution in [-0.2, 0) is 38.1 Å². The number of aliphatic hydroxyl groups is 4. The Morgan fingerprint density at radius 2 is 1.52 bits per heavy atom. The molecule has 316 valence electrons. The van der Waals surface area contributed by atoms with Gasteiger partial charge in [0.05, 0.1) is 42.2 Å². The molecular formula is C42H53NO15. The molecule has 1 aromatic rings. The van der Waals surface area contributed by atoms with Crippen molar-refractivity contribution in [2.75, 3.05) is 19.2 Å². The Morgan fingerprint density at radius 1 is 0.897 bits per heavy atom. The van der Waals surface area contributed by atoms with Crippen molar-refractivity contribution in [1.82, 2.24) is 0 Å². The van der Waals surface area contributed by atoms with Gasteiger partial charge < -0.3 is 54.5 Å². The molecule has 1 amide bonds. The topological polar surface area (TPSA) is 245 Å². The number of aliphatic hydroxyl groups excluding tert-OH is 3. The molecule has 0 saturated carbocycles. The smallest absolute Gasteiger partial charge is 0.315 e. The standard InChI is InChI=1S/C42H53NO15/c1-17-13-12-14-18(2)40(51)43-30-20(4)37(57-24(8)44)26-27(34(30)49)33(48)22(6)36-28(26)35(55-16-56-36)19(3)15-42(10,53)39(50)23(7)38(58-25(9)45)29(41(52)54-11)32(47)21(5)31(17)46/h12-15,17,21,23,29,31-32,38-39,46-47,49-50,53H,16H2,1-11H3,(H,43,51). The summed E-state index contributed by atoms with van der Waals surface area (Å²) in [7, 11) is 1.06. The lowest BCUT2D eigenvalue weighted by Crippen LogP contribution is -2.54. The lowest BCUT2D eigenvalue weighted by Gasteiger charge is -2.40. The summed E-state index contributed by atoms with van der Waals surface area (Å²) < 4.78 is 28.0. The first-order valence-electron chi connectivity index (χ1n) is 18.7. The second-order valence-corrected chi connectivity index (χ2v) is 15.3. The molecule has 16 nitrogen and oxygen atoms in total. The zero-order valence-electron chi connectivity index (χ0n) is 34.5. The lowest BCUT2D eigenvalue weighted by atomic mass is 9.75. The first-order valence-corrected chi connectivity index (χ1v) is 18.7. The first kappa shape index (κ1) is 45.4. The molecule has 58 heavy (non-hydrogen) atoms. The van der Waals surface area contributed by atoms with E-state index in [4.69, 9.17) is 23.7 Å². The number of carbonyl (C=O) groups is 5. The number of amides is 1. The van der Waals surface area contributed by atoms with Crippen LogP contribution in [0.4, 0.5) is 5.69 Å². The number of ether oxygens (including phenoxy) is 5. The van der Waals surface area contributed by atoms with E-state index >= 15 is 0 Å². The highest BCUT2D eigenvalue weighted by atomic mass is 16.7. The number of aromatic hydroxyl groups is 1. The lowest BCUT2D eigenvalue weighted by molar-refractivity contribution is -0.181. The third-order valence-corrected chi connectivity index (χ3v) is 10.9. The molecule has 1 aromatic carbocycles. The van der Waals surface area contributed by atoms with Crippen molar-refractivity contribution in [3.63, 3.8) is 0 Å². The summed E-state index contributed by atoms with van der Waals surface area (Å²) >= 11 is 0. The van der Waals surface area contributed by atoms with Crippen molar-refractivity contribution in [1.29, 1.82) is 0 Å². The number of Topliss-reactive ketones (excluding diaryl/α,β-unsaturated/α-hetero) is 1. The molecular weight excluding hydrogens is 758 g/mol. The van der Waals surface area contributed by atoms with Gasteiger partial charge in [-0.1, -0.05) is 39.0 Å². The number of hydrogen-bond donors (Lipinski definition) is 6. The number of fused-ring (bicyclic) bond motifs is 14. The molecule has 4 aliphatic rings. The van der Waals surface area contributed by atoms with Crippen molar-refractivity contribution in [3.8, 4) is 11.5 Å². The number of phenols is 1. The van der Waals surface area contributed by atoms with E-state index in [9.17, 15) is 49.5 Å². The molecule has 0 radical (unpaired) electrons. The van der Waals surface area contributed by atoms with Crippen LogP contribution in [0.1, 0.15) is 83.8 Å². The van der Waals surface area contributed by atoms with Crippen molar-refractivity contribution in [2.24, 2.45) is 23.7 Å². The van der Waals surface area contributed by atoms with Crippen LogP contribution in [0.2, 0.25) is 0 Å². The molecule has 0 fully saturated rings. The van der Waals surface area contributed by atoms with Gasteiger partial charge in [0.1, 0.15) is 34.9 Å². The number of hydrogen-bond acceptors (Lipinski definition) is 15. The summed E-state index contributed by atoms with van der Waals surface area (Å²) in [5.74, 6) is -9.71. The van der Waals surface area contributed by atoms with Crippen LogP contribution >= 0.6 is 0 Å². The molecule has 16 heteroatoms. The summed E-state index contributed by atoms with van der Waals surface area (Å²) in [4.78, 5) is 66.1. The predicted octanol–water partition coefficient (Wildman–Crippen LogP) is 3.68. The van der Waals surface area contributed by atoms with E-state index in [-0.39, 0.29) is 61.9 Å². The highest BCUT2D eigenvalue weighted by molar-refractivity contribution is 6.21. The number of esters is 3. The van der Waals surface area contributed by atoms with Gasteiger partial charge in [0.25, 0.3) is 5.91 Å². The summed E-state index contributed by atoms with van der Waals surface area (Å²) in [6, 6.07) is 0. The van der Waals surface area contributed by atoms with Gasteiger partial charge in [-0.05, 0) is 46.3 Å². The Kier molecular flexibility index (Phi) is 13.8. The minimum atomic E-state index is -2.22. The fourth-order valence-electron chi connectivity index (χ4n) is 7.63. The number of benzene rings is 1. The van der Waals surface area contributed by atoms with Gasteiger partial charge >= 0.3 is 17.9 Å². The van der Waals surface area contributed by atoms with Crippen LogP contribution in [0.25, 0.3) is 5.57 Å². The van der Waals surface area contributed by atoms with Gasteiger partial charge in [-0.15, -0.1) is 0 Å². The second-order valence-electron chi connectivity index (χ2n) is 15.3. The Balaban J connectivity index is 2.10. The third-order valence-electron chi connectivity index (χ3n) is 10.9. The Labute approximate surface area is 336 Å². The van der Waals surface area contributed by atoms with Gasteiger partial charge in [0, 0.05) is 53.9 Å². The summed E-state index contributed by atoms with van der Waals surface area (Å²) in [6.45, 7) is 13.4. The molecule has 9 unspecified atom stereocenters. The monoisotopic (exact) mass is 811 g/mol. The van der Waals surface area contributed by atoms with Crippen LogP contribution in [0, 0.1) is 30.6 Å². The normalized spacial score (nSPS) is 29.7. The van der Waals surface area contributed by atoms with E-state index in [1.54, 1.807) is 13.0 Å². The van der Waals surface area contributed by atoms with E-state index in [0.717, 1.165) is 21.0 Å². The average Bonchev–Trinajstić information content (AvgIpc) is 3.16. The average molecular weight is 812 g/mol. The molecule has 0 aromatic heterocycles. The van der Waals surface area contributed by atoms with Gasteiger partial charge in [0.15, 0.2) is 11.5 Å². The fourth-order valence-corrected chi connectivity index (χ4v) is 7.63. The first-order chi connectivity index (χ1) is 27.0. The van der Waals surface area contributed by atoms with Crippen molar-refractivity contribution in [3.05, 3.63) is 69.2 Å². The van der Waals surface area contributed by atoms with Crippen molar-refractivity contribution < 1.29 is 73.2 Å². The van der Waals surface area contributed by atoms with E-state index in [1.807, 2.05) is 0 Å². The van der Waals surface area contributed by atoms with Gasteiger partial charge in [-0.3, -0.25) is 24.0 Å². The molecule has 4 bridgehead atoms. The van der Waals surface area contributed by atoms with Crippen LogP contribution in [-0.4, -0.2) is 99.1 Å². The van der Waals surface area contributed by atoms with Gasteiger partial charge in [-0.2, -0.15) is 0 Å². The SMILES string of the molecule is COC(=O)C1C(O)C(C)C(O)C(C)C=CC=C(C)C(=O)Nc2c(C)c(OC(C)=O)c3c(c2O)C(=O)C(C)=C2OCOC(=C23)C(C)=CC(C)(O)C(O)C(C)C1OC(C)=O. The van der Waals surface area contributed by atoms with Crippen molar-refractivity contribution in [2.45, 2.75) is 99.3 Å². The number of ketones is 1. The van der Waals surface area contributed by atoms with Crippen LogP contribution in [0.3, 0.4) is 0 Å². The van der Waals surface area contributed by atoms with Gasteiger partial charge in [0.2, 0.25) is 6.79 Å². The maximum absolute atomic E-state index is 14.0. The Morgan fingerprint density at radius 3 is 2.10 bits per heavy atom. The number of carbonyl (C=O) groups excluding carboxylic acids is 5. The largest absolute Gasteiger partial charge is 0.505 e. The third kappa shape index (κ3) is 8.74. The van der Waals surface area contributed by atoms with Crippen LogP contribution in [0.15, 0.2) is 52.5 Å². The number of nitrogens with one attached hydrogen (secondary N) is 1. The quantitative estimate of drug-likeness (QED) is 0.145. The van der Waals surface area contributed by atoms with Crippen LogP contribution in [0.5, 0.6) is 11.5 Å². The van der Waals surface area contributed by atoms with E-state index < -0.39 is 95.8 Å². The minimum absolute atomic E-state index is 0.00972. The highest BCUT2D eigenvalue weighted by Crippen LogP contribution is 2.53. The molecule has 3 heterocycles. The van der Waals surface area contributed by atoms with Crippen LogP contribution < -0.4 is 10.1 Å². The Hall–Kier alpha value is -5.29. The number of rotatable bonds is 3. The highest BCUT2D eigenvalue weighted by Gasteiger charge is 2.49. The van der Waals surface area contributed by atoms with Gasteiger partial charge in [-0.25, -0.2) is 0 Å². The maximum atomic E-state index is 14.0. The minimum Gasteiger partial charge on any atom is -0.505 e. The summed E-state index contributed by atoms with van der Waals surface area (Å²) in [6.07, 6.45) is -0.811. The number of methoxy groups -OCH3 is 1. The van der Waals surface area contributed by atoms with E-state index in [1.165, 1.54) is 66.7 Å². The molecule has 3 aliphatic heterocycles. The van der Waals surface area contributed by atoms with Crippen molar-refractivity contribution >= 4 is 40.9 Å². The molecule has 1 aliphatic carbocycles. The Bertz CT molecular complexity index is 2040. The fraction of sp³-hybridized carbons (Fsp3) is 0.500. The number of anilines is 1. The number of phenolic OH excluding ortho intramolecular Hbond substituents is 1. The summed E-state index contributed by atoms with van der Waals surface area (Å²) in [5.41, 5.74) is -2.49. The second kappa shape index (κ2) is 17.7. The molecule has 6 N–H and O–H groups in total. The number of allylic oxidation sites excluding steroid dienone is 5. The molecule has 9 atom stereocenters. The molecule has 5 rings (SSSR count). The molecule has 0 spiro atoms. The molecule has 0 saturated heterocycles. The summed E-state index contributed by atoms with van der Waals surface area (Å²) in [5, 5.41) is 61.2. The zero-order chi connectivity index (χ0) is 43.7. The van der Waals surface area contributed by atoms with E-state index in [2.05, 4.69) is 5.32 Å². The zero-order valence-corrected chi connectivity index (χ0v) is 34.5. The van der Waals surface area contributed by atoms with E-state index in [0.29, 0.717) is 0 Å². The predicted molar refractivity (Wildman–Crippen MR) is 208 cm³/mol.